The monoisotopic (exact) mass is 504 g/mol. The molecule has 3 unspecified atom stereocenters. The second kappa shape index (κ2) is 7.50. The highest BCUT2D eigenvalue weighted by atomic mass is 16.6. The van der Waals surface area contributed by atoms with Crippen LogP contribution in [0.25, 0.3) is 0 Å². The van der Waals surface area contributed by atoms with Crippen molar-refractivity contribution in [1.82, 2.24) is 0 Å². The number of aliphatic hydroxyl groups is 3. The molecule has 5 aliphatic carbocycles. The quantitative estimate of drug-likeness (QED) is 0.507. The molecular weight excluding hydrogens is 452 g/mol. The number of ether oxygens (including phenoxy) is 2. The molecule has 5 nitrogen and oxygen atoms in total. The molecule has 206 valence electrons. The summed E-state index contributed by atoms with van der Waals surface area (Å²) in [6.45, 7) is 15.5. The Morgan fingerprint density at radius 3 is 2.22 bits per heavy atom. The molecule has 0 aromatic rings. The highest BCUT2D eigenvalue weighted by molar-refractivity contribution is 5.32. The normalized spacial score (nSPS) is 58.1. The molecule has 2 spiro atoms. The number of aliphatic hydroxyl groups excluding tert-OH is 2. The number of methoxy groups -OCH3 is 1. The summed E-state index contributed by atoms with van der Waals surface area (Å²) in [5.74, 6) is 1.82. The van der Waals surface area contributed by atoms with Crippen LogP contribution in [0.5, 0.6) is 0 Å². The van der Waals surface area contributed by atoms with Gasteiger partial charge in [-0.25, -0.2) is 0 Å². The number of hydrogen-bond donors (Lipinski definition) is 3. The summed E-state index contributed by atoms with van der Waals surface area (Å²) in [7, 11) is 1.66. The molecule has 0 amide bonds. The Morgan fingerprint density at radius 1 is 0.944 bits per heavy atom. The standard InChI is InChI=1S/C31H52O5/c1-17-15-18(25(35-8)27(4,5)34)36-23-22(17)28(6)13-14-31-16-30(31)12-11-21(32)26(2,3)19(30)9-10-20(31)29(28,7)24(23)33/h17-25,32-34H,9-16H2,1-8H3/t17-,18?,19+,20?,21+,22+,23?,24+,25+,28-,29-,30-,31+/m1/s1. The van der Waals surface area contributed by atoms with Crippen LogP contribution in [0.15, 0.2) is 0 Å². The Bertz CT molecular complexity index is 911. The number of rotatable bonds is 3. The molecule has 0 aromatic carbocycles. The van der Waals surface area contributed by atoms with Crippen LogP contribution in [0, 0.1) is 50.7 Å². The van der Waals surface area contributed by atoms with E-state index in [1.807, 2.05) is 0 Å². The molecule has 13 atom stereocenters. The summed E-state index contributed by atoms with van der Waals surface area (Å²) in [6.07, 6.45) is 7.46. The second-order valence-electron chi connectivity index (χ2n) is 15.9. The van der Waals surface area contributed by atoms with Gasteiger partial charge in [-0.05, 0) is 111 Å². The first-order valence-corrected chi connectivity index (χ1v) is 14.9. The Hall–Kier alpha value is -0.200. The summed E-state index contributed by atoms with van der Waals surface area (Å²) in [5, 5.41) is 34.0. The predicted molar refractivity (Wildman–Crippen MR) is 139 cm³/mol. The van der Waals surface area contributed by atoms with Crippen LogP contribution >= 0.6 is 0 Å². The molecule has 1 heterocycles. The maximum absolute atomic E-state index is 12.3. The van der Waals surface area contributed by atoms with Gasteiger partial charge in [-0.2, -0.15) is 0 Å². The van der Waals surface area contributed by atoms with Crippen LogP contribution in [0.1, 0.15) is 99.8 Å². The van der Waals surface area contributed by atoms with Crippen molar-refractivity contribution in [2.24, 2.45) is 50.7 Å². The largest absolute Gasteiger partial charge is 0.393 e. The molecule has 0 radical (unpaired) electrons. The maximum atomic E-state index is 12.3. The van der Waals surface area contributed by atoms with E-state index in [-0.39, 0.29) is 34.6 Å². The molecule has 5 heteroatoms. The van der Waals surface area contributed by atoms with Gasteiger partial charge in [0.05, 0.1) is 30.0 Å². The zero-order valence-electron chi connectivity index (χ0n) is 24.0. The van der Waals surface area contributed by atoms with E-state index in [1.54, 1.807) is 21.0 Å². The van der Waals surface area contributed by atoms with Gasteiger partial charge in [0.15, 0.2) is 0 Å². The third-order valence-electron chi connectivity index (χ3n) is 14.1. The van der Waals surface area contributed by atoms with Crippen LogP contribution in [0.3, 0.4) is 0 Å². The lowest BCUT2D eigenvalue weighted by Gasteiger charge is -2.63. The summed E-state index contributed by atoms with van der Waals surface area (Å²) in [4.78, 5) is 0. The van der Waals surface area contributed by atoms with Crippen LogP contribution < -0.4 is 0 Å². The van der Waals surface area contributed by atoms with Gasteiger partial charge in [0, 0.05) is 12.5 Å². The van der Waals surface area contributed by atoms with Crippen molar-refractivity contribution in [3.05, 3.63) is 0 Å². The summed E-state index contributed by atoms with van der Waals surface area (Å²) < 4.78 is 12.6. The van der Waals surface area contributed by atoms with E-state index >= 15 is 0 Å². The SMILES string of the molecule is CO[C@@H](C1C[C@@H](C)[C@H]2C(O1)[C@H](O)[C@@]1(C)C3CC[C@H]4C(C)(C)[C@@H](O)CC[C@@]45C[C@@]35CC[C@]21C)C(C)(C)O. The smallest absolute Gasteiger partial charge is 0.111 e. The van der Waals surface area contributed by atoms with E-state index < -0.39 is 17.8 Å². The number of fused-ring (bicyclic) bond motifs is 4. The Balaban J connectivity index is 1.36. The Kier molecular flexibility index (Phi) is 5.43. The third-order valence-corrected chi connectivity index (χ3v) is 14.1. The first kappa shape index (κ1) is 26.0. The highest BCUT2D eigenvalue weighted by Gasteiger charge is 2.84. The summed E-state index contributed by atoms with van der Waals surface area (Å²) in [6, 6.07) is 0. The second-order valence-corrected chi connectivity index (χ2v) is 15.9. The van der Waals surface area contributed by atoms with Crippen LogP contribution in [-0.4, -0.2) is 58.6 Å². The lowest BCUT2D eigenvalue weighted by molar-refractivity contribution is -0.209. The molecule has 0 aromatic heterocycles. The van der Waals surface area contributed by atoms with Gasteiger partial charge < -0.3 is 24.8 Å². The van der Waals surface area contributed by atoms with Crippen molar-refractivity contribution in [3.63, 3.8) is 0 Å². The lowest BCUT2D eigenvalue weighted by Crippen LogP contribution is -2.59. The van der Waals surface area contributed by atoms with Crippen molar-refractivity contribution in [3.8, 4) is 0 Å². The molecule has 3 N–H and O–H groups in total. The van der Waals surface area contributed by atoms with Gasteiger partial charge in [-0.15, -0.1) is 0 Å². The maximum Gasteiger partial charge on any atom is 0.111 e. The minimum Gasteiger partial charge on any atom is -0.393 e. The average Bonchev–Trinajstić information content (AvgIpc) is 3.41. The van der Waals surface area contributed by atoms with E-state index in [9.17, 15) is 15.3 Å². The minimum atomic E-state index is -1.00. The molecular formula is C31H52O5. The number of hydrogen-bond acceptors (Lipinski definition) is 5. The van der Waals surface area contributed by atoms with E-state index in [0.717, 1.165) is 32.1 Å². The molecule has 6 rings (SSSR count). The van der Waals surface area contributed by atoms with Crippen LogP contribution in [0.2, 0.25) is 0 Å². The molecule has 6 aliphatic rings. The van der Waals surface area contributed by atoms with Gasteiger partial charge in [-0.1, -0.05) is 34.6 Å². The van der Waals surface area contributed by atoms with E-state index in [1.165, 1.54) is 19.3 Å². The van der Waals surface area contributed by atoms with E-state index in [2.05, 4.69) is 34.6 Å². The van der Waals surface area contributed by atoms with Crippen molar-refractivity contribution in [1.29, 1.82) is 0 Å². The van der Waals surface area contributed by atoms with Gasteiger partial charge >= 0.3 is 0 Å². The van der Waals surface area contributed by atoms with E-state index in [4.69, 9.17) is 9.47 Å². The summed E-state index contributed by atoms with van der Waals surface area (Å²) >= 11 is 0. The van der Waals surface area contributed by atoms with Gasteiger partial charge in [0.25, 0.3) is 0 Å². The first-order valence-electron chi connectivity index (χ1n) is 14.9. The van der Waals surface area contributed by atoms with Crippen LogP contribution in [0.4, 0.5) is 0 Å². The molecule has 6 fully saturated rings. The Labute approximate surface area is 218 Å². The lowest BCUT2D eigenvalue weighted by atomic mass is 9.41. The molecule has 0 bridgehead atoms. The molecule has 1 aliphatic heterocycles. The van der Waals surface area contributed by atoms with Gasteiger partial charge in [0.1, 0.15) is 6.10 Å². The fourth-order valence-electron chi connectivity index (χ4n) is 12.4. The fourth-order valence-corrected chi connectivity index (χ4v) is 12.4. The highest BCUT2D eigenvalue weighted by Crippen LogP contribution is 2.89. The van der Waals surface area contributed by atoms with Gasteiger partial charge in [-0.3, -0.25) is 0 Å². The van der Waals surface area contributed by atoms with Gasteiger partial charge in [0.2, 0.25) is 0 Å². The van der Waals surface area contributed by atoms with Crippen molar-refractivity contribution < 1.29 is 24.8 Å². The topological polar surface area (TPSA) is 79.2 Å². The predicted octanol–water partition coefficient (Wildman–Crippen LogP) is 4.95. The summed E-state index contributed by atoms with van der Waals surface area (Å²) in [5.41, 5.74) is -0.496. The van der Waals surface area contributed by atoms with Crippen molar-refractivity contribution in [2.75, 3.05) is 7.11 Å². The minimum absolute atomic E-state index is 0.0201. The average molecular weight is 505 g/mol. The molecule has 5 saturated carbocycles. The molecule has 36 heavy (non-hydrogen) atoms. The first-order chi connectivity index (χ1) is 16.6. The fraction of sp³-hybridized carbons (Fsp3) is 1.00. The van der Waals surface area contributed by atoms with Crippen molar-refractivity contribution >= 4 is 0 Å². The Morgan fingerprint density at radius 2 is 1.58 bits per heavy atom. The van der Waals surface area contributed by atoms with E-state index in [0.29, 0.717) is 34.5 Å². The third kappa shape index (κ3) is 2.81. The zero-order valence-corrected chi connectivity index (χ0v) is 24.0. The van der Waals surface area contributed by atoms with Crippen LogP contribution in [-0.2, 0) is 9.47 Å². The van der Waals surface area contributed by atoms with Crippen molar-refractivity contribution in [2.45, 2.75) is 136 Å². The zero-order chi connectivity index (χ0) is 26.3. The molecule has 1 saturated heterocycles.